The summed E-state index contributed by atoms with van der Waals surface area (Å²) in [4.78, 5) is 16.7. The number of nitrogens with zero attached hydrogens (tertiary/aromatic N) is 6. The van der Waals surface area contributed by atoms with Crippen molar-refractivity contribution in [2.24, 2.45) is 0 Å². The minimum atomic E-state index is -2.88. The molecule has 1 aromatic heterocycles. The molecule has 2 aliphatic heterocycles. The molecular formula is C16H20N6O3S. The molecule has 138 valence electrons. The summed E-state index contributed by atoms with van der Waals surface area (Å²) in [5, 5.41) is 11.0. The van der Waals surface area contributed by atoms with Gasteiger partial charge in [0, 0.05) is 37.8 Å². The first-order chi connectivity index (χ1) is 12.5. The minimum absolute atomic E-state index is 0.00745. The molecule has 2 fully saturated rings. The van der Waals surface area contributed by atoms with E-state index in [9.17, 15) is 13.2 Å². The second-order valence-electron chi connectivity index (χ2n) is 6.69. The van der Waals surface area contributed by atoms with Crippen LogP contribution in [0.5, 0.6) is 0 Å². The maximum absolute atomic E-state index is 12.7. The third-order valence-electron chi connectivity index (χ3n) is 5.05. The fourth-order valence-corrected chi connectivity index (χ4v) is 5.33. The number of amides is 1. The fourth-order valence-electron chi connectivity index (χ4n) is 3.57. The summed E-state index contributed by atoms with van der Waals surface area (Å²) in [6.45, 7) is 2.66. The molecule has 2 aromatic rings. The van der Waals surface area contributed by atoms with E-state index in [-0.39, 0.29) is 23.5 Å². The highest BCUT2D eigenvalue weighted by Gasteiger charge is 2.34. The lowest BCUT2D eigenvalue weighted by atomic mass is 10.1. The molecule has 0 saturated carbocycles. The van der Waals surface area contributed by atoms with Crippen LogP contribution in [0.25, 0.3) is 5.69 Å². The second-order valence-corrected chi connectivity index (χ2v) is 8.92. The molecule has 10 heteroatoms. The zero-order valence-electron chi connectivity index (χ0n) is 14.2. The molecule has 1 atom stereocenters. The summed E-state index contributed by atoms with van der Waals surface area (Å²) in [5.41, 5.74) is 1.41. The highest BCUT2D eigenvalue weighted by molar-refractivity contribution is 7.91. The van der Waals surface area contributed by atoms with Crippen molar-refractivity contribution in [3.8, 4) is 5.69 Å². The lowest BCUT2D eigenvalue weighted by Gasteiger charge is -2.37. The van der Waals surface area contributed by atoms with E-state index in [0.717, 1.165) is 5.69 Å². The van der Waals surface area contributed by atoms with Crippen LogP contribution >= 0.6 is 0 Å². The number of hydrogen-bond acceptors (Lipinski definition) is 7. The third kappa shape index (κ3) is 3.47. The van der Waals surface area contributed by atoms with E-state index >= 15 is 0 Å². The van der Waals surface area contributed by atoms with Crippen LogP contribution in [0.4, 0.5) is 0 Å². The summed E-state index contributed by atoms with van der Waals surface area (Å²) < 4.78 is 24.8. The molecule has 2 saturated heterocycles. The van der Waals surface area contributed by atoms with E-state index in [1.807, 2.05) is 17.0 Å². The van der Waals surface area contributed by atoms with Crippen LogP contribution in [0.3, 0.4) is 0 Å². The number of rotatable bonds is 3. The quantitative estimate of drug-likeness (QED) is 0.719. The average molecular weight is 376 g/mol. The summed E-state index contributed by atoms with van der Waals surface area (Å²) in [6, 6.07) is 7.27. The topological polar surface area (TPSA) is 101 Å². The van der Waals surface area contributed by atoms with E-state index in [2.05, 4.69) is 20.4 Å². The molecule has 1 aromatic carbocycles. The number of benzene rings is 1. The van der Waals surface area contributed by atoms with Gasteiger partial charge in [0.25, 0.3) is 5.91 Å². The molecule has 4 rings (SSSR count). The zero-order chi connectivity index (χ0) is 18.1. The van der Waals surface area contributed by atoms with E-state index < -0.39 is 9.84 Å². The Labute approximate surface area is 151 Å². The fraction of sp³-hybridized carbons (Fsp3) is 0.500. The number of piperazine rings is 1. The van der Waals surface area contributed by atoms with Gasteiger partial charge in [-0.2, -0.15) is 0 Å². The van der Waals surface area contributed by atoms with Crippen molar-refractivity contribution in [1.29, 1.82) is 0 Å². The SMILES string of the molecule is O=C(c1ccc(-n2cnnn2)cc1)N1CCN([C@@H]2CCS(=O)(=O)C2)CC1. The molecule has 1 amide bonds. The van der Waals surface area contributed by atoms with Gasteiger partial charge in [-0.1, -0.05) is 0 Å². The maximum atomic E-state index is 12.7. The van der Waals surface area contributed by atoms with Gasteiger partial charge in [0.15, 0.2) is 9.84 Å². The third-order valence-corrected chi connectivity index (χ3v) is 6.80. The summed E-state index contributed by atoms with van der Waals surface area (Å²) >= 11 is 0. The Hall–Kier alpha value is -2.33. The van der Waals surface area contributed by atoms with Crippen LogP contribution in [0.15, 0.2) is 30.6 Å². The Morgan fingerprint density at radius 1 is 1.08 bits per heavy atom. The monoisotopic (exact) mass is 376 g/mol. The van der Waals surface area contributed by atoms with Gasteiger partial charge in [-0.3, -0.25) is 9.69 Å². The number of hydrogen-bond donors (Lipinski definition) is 0. The number of carbonyl (C=O) groups is 1. The van der Waals surface area contributed by atoms with E-state index in [0.29, 0.717) is 38.2 Å². The molecule has 0 bridgehead atoms. The summed E-state index contributed by atoms with van der Waals surface area (Å²) in [6.07, 6.45) is 2.20. The van der Waals surface area contributed by atoms with Gasteiger partial charge in [0.05, 0.1) is 17.2 Å². The average Bonchev–Trinajstić information content (AvgIpc) is 3.31. The van der Waals surface area contributed by atoms with Crippen molar-refractivity contribution in [1.82, 2.24) is 30.0 Å². The van der Waals surface area contributed by atoms with Gasteiger partial charge in [-0.05, 0) is 41.1 Å². The smallest absolute Gasteiger partial charge is 0.253 e. The molecule has 2 aliphatic rings. The highest BCUT2D eigenvalue weighted by Crippen LogP contribution is 2.20. The van der Waals surface area contributed by atoms with E-state index in [4.69, 9.17) is 0 Å². The van der Waals surface area contributed by atoms with Crippen molar-refractivity contribution in [3.05, 3.63) is 36.2 Å². The Bertz CT molecular complexity index is 873. The van der Waals surface area contributed by atoms with Crippen molar-refractivity contribution in [2.45, 2.75) is 12.5 Å². The van der Waals surface area contributed by atoms with Gasteiger partial charge >= 0.3 is 0 Å². The van der Waals surface area contributed by atoms with E-state index in [1.165, 1.54) is 11.0 Å². The maximum Gasteiger partial charge on any atom is 0.253 e. The zero-order valence-corrected chi connectivity index (χ0v) is 15.0. The normalized spacial score (nSPS) is 23.2. The predicted molar refractivity (Wildman–Crippen MR) is 93.7 cm³/mol. The predicted octanol–water partition coefficient (Wildman–Crippen LogP) is -0.393. The lowest BCUT2D eigenvalue weighted by Crippen LogP contribution is -2.52. The van der Waals surface area contributed by atoms with Crippen LogP contribution in [0.1, 0.15) is 16.8 Å². The Balaban J connectivity index is 1.36. The molecule has 26 heavy (non-hydrogen) atoms. The van der Waals surface area contributed by atoms with Crippen LogP contribution in [-0.2, 0) is 9.84 Å². The Kier molecular flexibility index (Phi) is 4.45. The van der Waals surface area contributed by atoms with Crippen molar-refractivity contribution >= 4 is 15.7 Å². The standard InChI is InChI=1S/C16H20N6O3S/c23-16(13-1-3-14(4-2-13)22-12-17-18-19-22)21-8-6-20(7-9-21)15-5-10-26(24,25)11-15/h1-4,12,15H,5-11H2/t15-/m1/s1. The summed E-state index contributed by atoms with van der Waals surface area (Å²) in [5.74, 6) is 0.524. The van der Waals surface area contributed by atoms with Crippen molar-refractivity contribution in [3.63, 3.8) is 0 Å². The van der Waals surface area contributed by atoms with Gasteiger partial charge in [0.1, 0.15) is 6.33 Å². The number of aromatic nitrogens is 4. The van der Waals surface area contributed by atoms with Crippen LogP contribution in [0, 0.1) is 0 Å². The first-order valence-electron chi connectivity index (χ1n) is 8.59. The van der Waals surface area contributed by atoms with Crippen molar-refractivity contribution < 1.29 is 13.2 Å². The number of tetrazole rings is 1. The molecule has 0 radical (unpaired) electrons. The van der Waals surface area contributed by atoms with Crippen LogP contribution < -0.4 is 0 Å². The van der Waals surface area contributed by atoms with Crippen molar-refractivity contribution in [2.75, 3.05) is 37.7 Å². The first kappa shape index (κ1) is 17.1. The van der Waals surface area contributed by atoms with Gasteiger partial charge in [0.2, 0.25) is 0 Å². The molecule has 0 N–H and O–H groups in total. The Morgan fingerprint density at radius 2 is 1.81 bits per heavy atom. The first-order valence-corrected chi connectivity index (χ1v) is 10.4. The van der Waals surface area contributed by atoms with Gasteiger partial charge < -0.3 is 4.90 Å². The van der Waals surface area contributed by atoms with Gasteiger partial charge in [-0.15, -0.1) is 5.10 Å². The molecule has 9 nitrogen and oxygen atoms in total. The molecule has 0 aliphatic carbocycles. The summed E-state index contributed by atoms with van der Waals surface area (Å²) in [7, 11) is -2.88. The highest BCUT2D eigenvalue weighted by atomic mass is 32.2. The lowest BCUT2D eigenvalue weighted by molar-refractivity contribution is 0.0588. The second kappa shape index (κ2) is 6.76. The minimum Gasteiger partial charge on any atom is -0.336 e. The van der Waals surface area contributed by atoms with Crippen LogP contribution in [-0.4, -0.2) is 88.1 Å². The van der Waals surface area contributed by atoms with Crippen LogP contribution in [0.2, 0.25) is 0 Å². The molecule has 0 spiro atoms. The largest absolute Gasteiger partial charge is 0.336 e. The van der Waals surface area contributed by atoms with Gasteiger partial charge in [-0.25, -0.2) is 13.1 Å². The molecule has 3 heterocycles. The number of carbonyl (C=O) groups excluding carboxylic acids is 1. The molecular weight excluding hydrogens is 356 g/mol. The van der Waals surface area contributed by atoms with E-state index in [1.54, 1.807) is 12.1 Å². The number of sulfone groups is 1. The Morgan fingerprint density at radius 3 is 2.38 bits per heavy atom. The molecule has 0 unspecified atom stereocenters.